The van der Waals surface area contributed by atoms with Gasteiger partial charge in [-0.25, -0.2) is 13.4 Å². The molecule has 10 heteroatoms. The number of nitrogens with zero attached hydrogens (tertiary/aromatic N) is 1. The zero-order valence-electron chi connectivity index (χ0n) is 12.6. The number of alkyl halides is 3. The summed E-state index contributed by atoms with van der Waals surface area (Å²) in [6.07, 6.45) is -3.55. The van der Waals surface area contributed by atoms with Gasteiger partial charge in [0.25, 0.3) is 0 Å². The van der Waals surface area contributed by atoms with Crippen molar-refractivity contribution in [3.63, 3.8) is 0 Å². The summed E-state index contributed by atoms with van der Waals surface area (Å²) < 4.78 is 63.0. The van der Waals surface area contributed by atoms with Crippen LogP contribution < -0.4 is 0 Å². The third-order valence-electron chi connectivity index (χ3n) is 3.35. The molecule has 2 heterocycles. The minimum Gasteiger partial charge on any atom is -0.333 e. The molecule has 3 rings (SSSR count). The van der Waals surface area contributed by atoms with E-state index in [2.05, 4.69) is 25.9 Å². The standard InChI is InChI=1S/C15H10BrF3N2O2S2/c1-25(22,23)9-4-2-8(3-5-9)12-13(10-6-7-11(16)24-10)21-14(20-12)15(17,18)19/h2-7H,1H3,(H,20,21). The van der Waals surface area contributed by atoms with Gasteiger partial charge in [-0.15, -0.1) is 11.3 Å². The minimum absolute atomic E-state index is 0.0863. The van der Waals surface area contributed by atoms with Crippen molar-refractivity contribution in [1.82, 2.24) is 9.97 Å². The summed E-state index contributed by atoms with van der Waals surface area (Å²) in [6, 6.07) is 8.99. The highest BCUT2D eigenvalue weighted by Gasteiger charge is 2.36. The molecule has 0 aliphatic carbocycles. The molecule has 0 atom stereocenters. The predicted octanol–water partition coefficient (Wildman–Crippen LogP) is 4.99. The molecule has 0 amide bonds. The van der Waals surface area contributed by atoms with Crippen LogP contribution in [0.4, 0.5) is 13.2 Å². The van der Waals surface area contributed by atoms with Crippen LogP contribution in [0.15, 0.2) is 45.1 Å². The average Bonchev–Trinajstić information content (AvgIpc) is 3.12. The molecule has 0 saturated carbocycles. The molecule has 0 aliphatic heterocycles. The van der Waals surface area contributed by atoms with Crippen molar-refractivity contribution in [3.8, 4) is 21.8 Å². The molecule has 4 nitrogen and oxygen atoms in total. The van der Waals surface area contributed by atoms with Crippen molar-refractivity contribution in [2.45, 2.75) is 11.1 Å². The van der Waals surface area contributed by atoms with Crippen LogP contribution in [0.2, 0.25) is 0 Å². The normalized spacial score (nSPS) is 12.5. The van der Waals surface area contributed by atoms with Gasteiger partial charge in [-0.2, -0.15) is 13.2 Å². The maximum absolute atomic E-state index is 13.1. The predicted molar refractivity (Wildman–Crippen MR) is 93.1 cm³/mol. The Balaban J connectivity index is 2.16. The molecule has 0 unspecified atom stereocenters. The van der Waals surface area contributed by atoms with E-state index in [1.54, 1.807) is 12.1 Å². The van der Waals surface area contributed by atoms with Crippen LogP contribution >= 0.6 is 27.3 Å². The van der Waals surface area contributed by atoms with Crippen molar-refractivity contribution in [1.29, 1.82) is 0 Å². The van der Waals surface area contributed by atoms with Crippen LogP contribution in [0.5, 0.6) is 0 Å². The van der Waals surface area contributed by atoms with Gasteiger partial charge in [0, 0.05) is 11.8 Å². The number of nitrogens with one attached hydrogen (secondary N) is 1. The third-order valence-corrected chi connectivity index (χ3v) is 6.12. The molecular formula is C15H10BrF3N2O2S2. The molecular weight excluding hydrogens is 441 g/mol. The molecule has 0 saturated heterocycles. The fourth-order valence-corrected chi connectivity index (χ4v) is 4.22. The van der Waals surface area contributed by atoms with Gasteiger partial charge < -0.3 is 4.98 Å². The summed E-state index contributed by atoms with van der Waals surface area (Å²) in [7, 11) is -3.39. The van der Waals surface area contributed by atoms with Gasteiger partial charge in [0.15, 0.2) is 9.84 Å². The summed E-state index contributed by atoms with van der Waals surface area (Å²) in [4.78, 5) is 6.69. The Hall–Kier alpha value is -1.65. The first-order valence-electron chi connectivity index (χ1n) is 6.79. The number of thiophene rings is 1. The fourth-order valence-electron chi connectivity index (χ4n) is 2.20. The van der Waals surface area contributed by atoms with Gasteiger partial charge in [0.05, 0.1) is 24.9 Å². The van der Waals surface area contributed by atoms with E-state index in [-0.39, 0.29) is 16.3 Å². The molecule has 0 fully saturated rings. The van der Waals surface area contributed by atoms with Gasteiger partial charge in [-0.05, 0) is 40.2 Å². The van der Waals surface area contributed by atoms with Crippen LogP contribution in [0.25, 0.3) is 21.8 Å². The summed E-state index contributed by atoms with van der Waals surface area (Å²) in [6.45, 7) is 0. The molecule has 3 aromatic rings. The molecule has 0 bridgehead atoms. The Morgan fingerprint density at radius 1 is 1.12 bits per heavy atom. The van der Waals surface area contributed by atoms with Gasteiger partial charge >= 0.3 is 6.18 Å². The van der Waals surface area contributed by atoms with Gasteiger partial charge in [-0.1, -0.05) is 12.1 Å². The van der Waals surface area contributed by atoms with E-state index in [1.807, 2.05) is 0 Å². The molecule has 132 valence electrons. The first kappa shape index (κ1) is 18.2. The quantitative estimate of drug-likeness (QED) is 0.611. The van der Waals surface area contributed by atoms with Gasteiger partial charge in [0.2, 0.25) is 5.82 Å². The topological polar surface area (TPSA) is 62.8 Å². The Morgan fingerprint density at radius 2 is 1.76 bits per heavy atom. The van der Waals surface area contributed by atoms with Crippen LogP contribution in [0, 0.1) is 0 Å². The number of rotatable bonds is 3. The first-order valence-corrected chi connectivity index (χ1v) is 10.3. The number of aromatic amines is 1. The second kappa shape index (κ2) is 6.26. The second-order valence-corrected chi connectivity index (χ2v) is 9.69. The van der Waals surface area contributed by atoms with Crippen LogP contribution in [0.3, 0.4) is 0 Å². The fraction of sp³-hybridized carbons (Fsp3) is 0.133. The Morgan fingerprint density at radius 3 is 2.24 bits per heavy atom. The van der Waals surface area contributed by atoms with Crippen molar-refractivity contribution < 1.29 is 21.6 Å². The number of imidazole rings is 1. The van der Waals surface area contributed by atoms with Crippen LogP contribution in [-0.2, 0) is 16.0 Å². The van der Waals surface area contributed by atoms with Crippen molar-refractivity contribution in [3.05, 3.63) is 46.0 Å². The molecule has 0 aliphatic rings. The number of benzene rings is 1. The van der Waals surface area contributed by atoms with Crippen molar-refractivity contribution in [2.24, 2.45) is 0 Å². The summed E-state index contributed by atoms with van der Waals surface area (Å²) in [5.41, 5.74) is 0.732. The molecule has 1 aromatic carbocycles. The van der Waals surface area contributed by atoms with Crippen LogP contribution in [-0.4, -0.2) is 24.6 Å². The zero-order chi connectivity index (χ0) is 18.4. The Kier molecular flexibility index (Phi) is 4.54. The lowest BCUT2D eigenvalue weighted by Gasteiger charge is -2.03. The number of hydrogen-bond acceptors (Lipinski definition) is 4. The van der Waals surface area contributed by atoms with E-state index in [9.17, 15) is 21.6 Å². The third kappa shape index (κ3) is 3.80. The highest BCUT2D eigenvalue weighted by Crippen LogP contribution is 2.39. The molecule has 2 aromatic heterocycles. The summed E-state index contributed by atoms with van der Waals surface area (Å²) in [5.74, 6) is -1.10. The Bertz CT molecular complexity index is 1020. The number of hydrogen-bond donors (Lipinski definition) is 1. The van der Waals surface area contributed by atoms with Gasteiger partial charge in [-0.3, -0.25) is 0 Å². The summed E-state index contributed by atoms with van der Waals surface area (Å²) in [5, 5.41) is 0. The SMILES string of the molecule is CS(=O)(=O)c1ccc(-c2nc(C(F)(F)F)[nH]c2-c2ccc(Br)s2)cc1. The van der Waals surface area contributed by atoms with E-state index >= 15 is 0 Å². The zero-order valence-corrected chi connectivity index (χ0v) is 15.8. The van der Waals surface area contributed by atoms with Crippen molar-refractivity contribution >= 4 is 37.1 Å². The van der Waals surface area contributed by atoms with Crippen molar-refractivity contribution in [2.75, 3.05) is 6.26 Å². The maximum Gasteiger partial charge on any atom is 0.449 e. The summed E-state index contributed by atoms with van der Waals surface area (Å²) >= 11 is 4.55. The van der Waals surface area contributed by atoms with Gasteiger partial charge in [0.1, 0.15) is 0 Å². The minimum atomic E-state index is -4.62. The molecule has 1 N–H and O–H groups in total. The van der Waals surface area contributed by atoms with E-state index in [1.165, 1.54) is 35.6 Å². The first-order chi connectivity index (χ1) is 11.6. The number of sulfone groups is 1. The van der Waals surface area contributed by atoms with E-state index in [0.717, 1.165) is 10.0 Å². The number of aromatic nitrogens is 2. The second-order valence-electron chi connectivity index (χ2n) is 5.21. The lowest BCUT2D eigenvalue weighted by atomic mass is 10.1. The highest BCUT2D eigenvalue weighted by atomic mass is 79.9. The lowest BCUT2D eigenvalue weighted by Crippen LogP contribution is -2.07. The van der Waals surface area contributed by atoms with Crippen LogP contribution in [0.1, 0.15) is 5.82 Å². The van der Waals surface area contributed by atoms with E-state index in [0.29, 0.717) is 10.4 Å². The van der Waals surface area contributed by atoms with E-state index < -0.39 is 21.8 Å². The molecule has 0 spiro atoms. The monoisotopic (exact) mass is 450 g/mol. The maximum atomic E-state index is 13.1. The average molecular weight is 451 g/mol. The van der Waals surface area contributed by atoms with E-state index in [4.69, 9.17) is 0 Å². The number of halogens is 4. The molecule has 0 radical (unpaired) electrons. The largest absolute Gasteiger partial charge is 0.449 e. The highest BCUT2D eigenvalue weighted by molar-refractivity contribution is 9.11. The number of H-pyrrole nitrogens is 1. The Labute approximate surface area is 153 Å². The smallest absolute Gasteiger partial charge is 0.333 e. The molecule has 25 heavy (non-hydrogen) atoms. The lowest BCUT2D eigenvalue weighted by molar-refractivity contribution is -0.144.